The molecule has 31 heavy (non-hydrogen) atoms. The lowest BCUT2D eigenvalue weighted by Gasteiger charge is -2.29. The minimum Gasteiger partial charge on any atom is -0.467 e. The Morgan fingerprint density at radius 1 is 1.00 bits per heavy atom. The summed E-state index contributed by atoms with van der Waals surface area (Å²) in [7, 11) is 0. The van der Waals surface area contributed by atoms with Gasteiger partial charge < -0.3 is 29.4 Å². The number of anilines is 2. The molecular formula is C23H21N3O5. The van der Waals surface area contributed by atoms with Crippen molar-refractivity contribution in [3.05, 3.63) is 72.2 Å². The van der Waals surface area contributed by atoms with Crippen LogP contribution >= 0.6 is 0 Å². The average molecular weight is 419 g/mol. The molecule has 0 bridgehead atoms. The van der Waals surface area contributed by atoms with Gasteiger partial charge in [-0.1, -0.05) is 18.2 Å². The maximum atomic E-state index is 12.5. The van der Waals surface area contributed by atoms with Gasteiger partial charge in [0, 0.05) is 30.5 Å². The standard InChI is InChI=1S/C23H21N3O5/c27-22(23(28)25-16-7-8-20-21(12-16)31-14-30-20)24-13-18(19-6-3-11-29-19)26-10-9-15-4-1-2-5-17(15)26/h1-8,11-12,18H,9-10,13-14H2,(H,24,27)(H,25,28)/t18-/m0/s1. The van der Waals surface area contributed by atoms with Crippen LogP contribution in [0, 0.1) is 0 Å². The molecule has 0 saturated heterocycles. The molecule has 2 aromatic carbocycles. The van der Waals surface area contributed by atoms with Crippen molar-refractivity contribution >= 4 is 23.2 Å². The van der Waals surface area contributed by atoms with E-state index in [9.17, 15) is 9.59 Å². The van der Waals surface area contributed by atoms with Crippen LogP contribution in [0.1, 0.15) is 17.4 Å². The molecule has 158 valence electrons. The molecular weight excluding hydrogens is 398 g/mol. The lowest BCUT2D eigenvalue weighted by molar-refractivity contribution is -0.136. The Morgan fingerprint density at radius 3 is 2.74 bits per heavy atom. The van der Waals surface area contributed by atoms with Crippen molar-refractivity contribution in [2.45, 2.75) is 12.5 Å². The summed E-state index contributed by atoms with van der Waals surface area (Å²) in [5.41, 5.74) is 2.83. The van der Waals surface area contributed by atoms with Gasteiger partial charge in [0.2, 0.25) is 6.79 Å². The minimum atomic E-state index is -0.751. The van der Waals surface area contributed by atoms with Gasteiger partial charge in [-0.05, 0) is 42.3 Å². The van der Waals surface area contributed by atoms with Crippen LogP contribution in [-0.2, 0) is 16.0 Å². The Bertz CT molecular complexity index is 1110. The Kier molecular flexibility index (Phi) is 4.95. The third-order valence-corrected chi connectivity index (χ3v) is 5.46. The molecule has 1 aromatic heterocycles. The number of furan rings is 1. The molecule has 5 rings (SSSR count). The molecule has 2 aliphatic heterocycles. The summed E-state index contributed by atoms with van der Waals surface area (Å²) >= 11 is 0. The number of carbonyl (C=O) groups excluding carboxylic acids is 2. The summed E-state index contributed by atoms with van der Waals surface area (Å²) < 4.78 is 16.2. The first-order valence-corrected chi connectivity index (χ1v) is 10.1. The second kappa shape index (κ2) is 8.06. The number of rotatable bonds is 5. The maximum Gasteiger partial charge on any atom is 0.313 e. The molecule has 3 heterocycles. The molecule has 2 N–H and O–H groups in total. The molecule has 8 nitrogen and oxygen atoms in total. The number of ether oxygens (including phenoxy) is 2. The molecule has 2 aliphatic rings. The third kappa shape index (κ3) is 3.79. The van der Waals surface area contributed by atoms with Crippen molar-refractivity contribution in [3.8, 4) is 11.5 Å². The van der Waals surface area contributed by atoms with Gasteiger partial charge in [0.25, 0.3) is 0 Å². The van der Waals surface area contributed by atoms with Crippen molar-refractivity contribution in [1.82, 2.24) is 5.32 Å². The molecule has 0 unspecified atom stereocenters. The van der Waals surface area contributed by atoms with Crippen molar-refractivity contribution in [3.63, 3.8) is 0 Å². The van der Waals surface area contributed by atoms with Gasteiger partial charge in [-0.25, -0.2) is 0 Å². The number of amides is 2. The number of para-hydroxylation sites is 1. The first-order valence-electron chi connectivity index (χ1n) is 10.1. The Balaban J connectivity index is 1.26. The fraction of sp³-hybridized carbons (Fsp3) is 0.217. The number of hydrogen-bond donors (Lipinski definition) is 2. The van der Waals surface area contributed by atoms with E-state index in [0.717, 1.165) is 24.4 Å². The molecule has 0 aliphatic carbocycles. The van der Waals surface area contributed by atoms with Gasteiger partial charge in [-0.15, -0.1) is 0 Å². The maximum absolute atomic E-state index is 12.5. The van der Waals surface area contributed by atoms with Gasteiger partial charge >= 0.3 is 11.8 Å². The van der Waals surface area contributed by atoms with Gasteiger partial charge in [0.1, 0.15) is 11.8 Å². The molecule has 0 spiro atoms. The van der Waals surface area contributed by atoms with Gasteiger partial charge in [-0.2, -0.15) is 0 Å². The highest BCUT2D eigenvalue weighted by atomic mass is 16.7. The van der Waals surface area contributed by atoms with Crippen molar-refractivity contribution in [2.75, 3.05) is 30.1 Å². The highest BCUT2D eigenvalue weighted by molar-refractivity contribution is 6.39. The molecule has 3 aromatic rings. The van der Waals surface area contributed by atoms with E-state index in [2.05, 4.69) is 27.7 Å². The SMILES string of the molecule is O=C(NC[C@@H](c1ccco1)N1CCc2ccccc21)C(=O)Nc1ccc2c(c1)OCO2. The predicted molar refractivity (Wildman–Crippen MR) is 113 cm³/mol. The molecule has 0 fully saturated rings. The predicted octanol–water partition coefficient (Wildman–Crippen LogP) is 2.87. The van der Waals surface area contributed by atoms with Gasteiger partial charge in [0.05, 0.1) is 6.26 Å². The average Bonchev–Trinajstić information content (AvgIpc) is 3.55. The van der Waals surface area contributed by atoms with Crippen LogP contribution in [0.15, 0.2) is 65.3 Å². The molecule has 1 atom stereocenters. The van der Waals surface area contributed by atoms with Crippen LogP contribution in [-0.4, -0.2) is 31.7 Å². The van der Waals surface area contributed by atoms with Crippen LogP contribution in [0.2, 0.25) is 0 Å². The fourth-order valence-electron chi connectivity index (χ4n) is 3.96. The molecule has 2 amide bonds. The number of fused-ring (bicyclic) bond motifs is 2. The quantitative estimate of drug-likeness (QED) is 0.618. The van der Waals surface area contributed by atoms with Crippen LogP contribution in [0.5, 0.6) is 11.5 Å². The zero-order chi connectivity index (χ0) is 21.2. The highest BCUT2D eigenvalue weighted by Crippen LogP contribution is 2.35. The van der Waals surface area contributed by atoms with E-state index >= 15 is 0 Å². The number of benzene rings is 2. The third-order valence-electron chi connectivity index (χ3n) is 5.46. The smallest absolute Gasteiger partial charge is 0.313 e. The van der Waals surface area contributed by atoms with E-state index in [1.165, 1.54) is 5.56 Å². The minimum absolute atomic E-state index is 0.140. The highest BCUT2D eigenvalue weighted by Gasteiger charge is 2.29. The monoisotopic (exact) mass is 419 g/mol. The number of carbonyl (C=O) groups is 2. The summed E-state index contributed by atoms with van der Waals surface area (Å²) in [6.45, 7) is 1.18. The van der Waals surface area contributed by atoms with E-state index in [4.69, 9.17) is 13.9 Å². The van der Waals surface area contributed by atoms with Crippen molar-refractivity contribution in [1.29, 1.82) is 0 Å². The van der Waals surface area contributed by atoms with Crippen LogP contribution in [0.3, 0.4) is 0 Å². The van der Waals surface area contributed by atoms with Gasteiger partial charge in [0.15, 0.2) is 11.5 Å². The number of nitrogens with one attached hydrogen (secondary N) is 2. The summed E-state index contributed by atoms with van der Waals surface area (Å²) in [6.07, 6.45) is 2.53. The normalized spacial score (nSPS) is 14.8. The summed E-state index contributed by atoms with van der Waals surface area (Å²) in [5, 5.41) is 5.33. The molecule has 0 saturated carbocycles. The first kappa shape index (κ1) is 19.0. The fourth-order valence-corrected chi connectivity index (χ4v) is 3.96. The van der Waals surface area contributed by atoms with E-state index < -0.39 is 11.8 Å². The molecule has 0 radical (unpaired) electrons. The largest absolute Gasteiger partial charge is 0.467 e. The topological polar surface area (TPSA) is 93.0 Å². The van der Waals surface area contributed by atoms with Crippen molar-refractivity contribution in [2.24, 2.45) is 0 Å². The van der Waals surface area contributed by atoms with Gasteiger partial charge in [-0.3, -0.25) is 9.59 Å². The second-order valence-corrected chi connectivity index (χ2v) is 7.34. The summed E-state index contributed by atoms with van der Waals surface area (Å²) in [6, 6.07) is 16.6. The Labute approximate surface area is 178 Å². The zero-order valence-electron chi connectivity index (χ0n) is 16.7. The van der Waals surface area contributed by atoms with Crippen LogP contribution in [0.4, 0.5) is 11.4 Å². The molecule has 8 heteroatoms. The van der Waals surface area contributed by atoms with Crippen LogP contribution < -0.4 is 25.0 Å². The number of hydrogen-bond acceptors (Lipinski definition) is 6. The zero-order valence-corrected chi connectivity index (χ0v) is 16.7. The summed E-state index contributed by atoms with van der Waals surface area (Å²) in [5.74, 6) is 0.396. The van der Waals surface area contributed by atoms with E-state index in [-0.39, 0.29) is 19.4 Å². The second-order valence-electron chi connectivity index (χ2n) is 7.34. The lowest BCUT2D eigenvalue weighted by Crippen LogP contribution is -2.41. The first-order chi connectivity index (χ1) is 15.2. The Morgan fingerprint density at radius 2 is 1.87 bits per heavy atom. The number of nitrogens with zero attached hydrogens (tertiary/aromatic N) is 1. The lowest BCUT2D eigenvalue weighted by atomic mass is 10.1. The summed E-state index contributed by atoms with van der Waals surface area (Å²) in [4.78, 5) is 27.1. The Hall–Kier alpha value is -3.94. The van der Waals surface area contributed by atoms with Crippen molar-refractivity contribution < 1.29 is 23.5 Å². The van der Waals surface area contributed by atoms with E-state index in [1.54, 1.807) is 24.5 Å². The van der Waals surface area contributed by atoms with E-state index in [0.29, 0.717) is 17.2 Å². The van der Waals surface area contributed by atoms with Crippen LogP contribution in [0.25, 0.3) is 0 Å². The van der Waals surface area contributed by atoms with E-state index in [1.807, 2.05) is 24.3 Å².